The summed E-state index contributed by atoms with van der Waals surface area (Å²) in [6.07, 6.45) is 0.121. The van der Waals surface area contributed by atoms with Crippen molar-refractivity contribution in [3.63, 3.8) is 0 Å². The van der Waals surface area contributed by atoms with Crippen molar-refractivity contribution in [2.75, 3.05) is 12.4 Å². The first-order chi connectivity index (χ1) is 16.9. The number of rotatable bonds is 8. The standard InChI is InChI=1S/C26H20AsN3O5/c1-35-22-8-3-2-5-16(22)13-23(31)29-20-7-4-6-17-12-21(30-24(17)20)25(32)27-19-10-9-15(14-28)11-18(19)26(33)34/h2-12,27,30H,13H2,1H3,(H,29,31)(H,33,34). The molecule has 0 saturated heterocycles. The van der Waals surface area contributed by atoms with Crippen LogP contribution in [0.1, 0.15) is 32.0 Å². The Kier molecular flexibility index (Phi) is 7.00. The molecule has 0 spiro atoms. The van der Waals surface area contributed by atoms with Gasteiger partial charge in [0.05, 0.1) is 0 Å². The van der Waals surface area contributed by atoms with Gasteiger partial charge in [-0.3, -0.25) is 0 Å². The van der Waals surface area contributed by atoms with E-state index in [-0.39, 0.29) is 28.0 Å². The number of aromatic nitrogens is 1. The number of nitriles is 1. The van der Waals surface area contributed by atoms with Crippen LogP contribution in [-0.4, -0.2) is 49.4 Å². The zero-order valence-electron chi connectivity index (χ0n) is 18.6. The molecule has 1 unspecified atom stereocenters. The summed E-state index contributed by atoms with van der Waals surface area (Å²) in [5.74, 6) is -0.784. The minimum atomic E-state index is -1.52. The normalized spacial score (nSPS) is 10.9. The Morgan fingerprint density at radius 3 is 2.63 bits per heavy atom. The molecule has 3 aromatic carbocycles. The van der Waals surface area contributed by atoms with Gasteiger partial charge in [0.15, 0.2) is 0 Å². The van der Waals surface area contributed by atoms with E-state index in [1.54, 1.807) is 31.4 Å². The zero-order chi connectivity index (χ0) is 24.9. The molecule has 0 aliphatic heterocycles. The van der Waals surface area contributed by atoms with E-state index in [0.29, 0.717) is 27.0 Å². The number of benzene rings is 3. The van der Waals surface area contributed by atoms with Crippen LogP contribution < -0.4 is 14.4 Å². The van der Waals surface area contributed by atoms with Crippen molar-refractivity contribution in [3.05, 3.63) is 89.1 Å². The molecular weight excluding hydrogens is 509 g/mol. The Morgan fingerprint density at radius 2 is 1.89 bits per heavy atom. The molecular formula is C26H20AsN3O5. The SMILES string of the molecule is COc1ccccc1CC(=O)Nc1cccc2cc(C(=O)[AsH]c3ccc(C#N)cc3C(=O)O)[nH]c12. The van der Waals surface area contributed by atoms with Crippen LogP contribution in [0.2, 0.25) is 0 Å². The second-order valence-electron chi connectivity index (χ2n) is 7.62. The molecule has 8 nitrogen and oxygen atoms in total. The number of hydrogen-bond acceptors (Lipinski definition) is 5. The fraction of sp³-hybridized carbons (Fsp3) is 0.0769. The molecule has 0 radical (unpaired) electrons. The van der Waals surface area contributed by atoms with Gasteiger partial charge in [-0.2, -0.15) is 0 Å². The van der Waals surface area contributed by atoms with Gasteiger partial charge in [0, 0.05) is 0 Å². The van der Waals surface area contributed by atoms with Crippen LogP contribution in [-0.2, 0) is 11.2 Å². The molecule has 35 heavy (non-hydrogen) atoms. The molecule has 4 aromatic rings. The van der Waals surface area contributed by atoms with Gasteiger partial charge in [-0.15, -0.1) is 0 Å². The summed E-state index contributed by atoms with van der Waals surface area (Å²) in [7, 11) is 1.55. The topological polar surface area (TPSA) is 132 Å². The van der Waals surface area contributed by atoms with E-state index < -0.39 is 21.7 Å². The predicted molar refractivity (Wildman–Crippen MR) is 133 cm³/mol. The van der Waals surface area contributed by atoms with Crippen molar-refractivity contribution in [1.29, 1.82) is 5.26 Å². The number of ether oxygens (including phenoxy) is 1. The molecule has 1 aromatic heterocycles. The van der Waals surface area contributed by atoms with Crippen LogP contribution in [0.4, 0.5) is 5.69 Å². The summed E-state index contributed by atoms with van der Waals surface area (Å²) >= 11 is -1.52. The number of para-hydroxylation sites is 2. The fourth-order valence-corrected chi connectivity index (χ4v) is 5.77. The van der Waals surface area contributed by atoms with Gasteiger partial charge < -0.3 is 0 Å². The second-order valence-corrected chi connectivity index (χ2v) is 10.2. The van der Waals surface area contributed by atoms with Crippen LogP contribution >= 0.6 is 0 Å². The number of nitrogens with one attached hydrogen (secondary N) is 2. The zero-order valence-corrected chi connectivity index (χ0v) is 20.7. The fourth-order valence-electron chi connectivity index (χ4n) is 3.69. The summed E-state index contributed by atoms with van der Waals surface area (Å²) in [5.41, 5.74) is 2.43. The monoisotopic (exact) mass is 529 g/mol. The number of carboxylic acid groups (broad SMARTS) is 1. The third-order valence-electron chi connectivity index (χ3n) is 5.35. The number of methoxy groups -OCH3 is 1. The Balaban J connectivity index is 1.56. The summed E-state index contributed by atoms with van der Waals surface area (Å²) in [5, 5.41) is 22.1. The quantitative estimate of drug-likeness (QED) is 0.301. The summed E-state index contributed by atoms with van der Waals surface area (Å²) in [6, 6.07) is 20.6. The number of carbonyl (C=O) groups excluding carboxylic acids is 2. The molecule has 3 N–H and O–H groups in total. The van der Waals surface area contributed by atoms with Gasteiger partial charge in [-0.25, -0.2) is 0 Å². The first-order valence-corrected chi connectivity index (χ1v) is 12.6. The van der Waals surface area contributed by atoms with Crippen molar-refractivity contribution in [3.8, 4) is 11.8 Å². The van der Waals surface area contributed by atoms with Crippen LogP contribution in [0.15, 0.2) is 66.7 Å². The van der Waals surface area contributed by atoms with E-state index in [2.05, 4.69) is 10.3 Å². The number of fused-ring (bicyclic) bond motifs is 1. The molecule has 0 aliphatic carbocycles. The number of hydrogen-bond donors (Lipinski definition) is 3. The van der Waals surface area contributed by atoms with Gasteiger partial charge in [0.2, 0.25) is 0 Å². The van der Waals surface area contributed by atoms with Gasteiger partial charge in [-0.05, 0) is 0 Å². The second kappa shape index (κ2) is 10.3. The average molecular weight is 529 g/mol. The molecule has 0 bridgehead atoms. The molecule has 0 aliphatic rings. The van der Waals surface area contributed by atoms with E-state index in [9.17, 15) is 19.5 Å². The molecule has 4 rings (SSSR count). The van der Waals surface area contributed by atoms with Crippen molar-refractivity contribution < 1.29 is 24.2 Å². The molecule has 0 saturated carbocycles. The maximum atomic E-state index is 13.0. The van der Waals surface area contributed by atoms with E-state index in [1.165, 1.54) is 18.2 Å². The van der Waals surface area contributed by atoms with E-state index in [0.717, 1.165) is 10.9 Å². The first kappa shape index (κ1) is 23.8. The third-order valence-corrected chi connectivity index (χ3v) is 7.87. The molecule has 0 fully saturated rings. The van der Waals surface area contributed by atoms with Gasteiger partial charge in [0.25, 0.3) is 0 Å². The molecule has 1 heterocycles. The van der Waals surface area contributed by atoms with Crippen LogP contribution in [0.25, 0.3) is 10.9 Å². The number of H-pyrrole nitrogens is 1. The van der Waals surface area contributed by atoms with Gasteiger partial charge >= 0.3 is 207 Å². The third kappa shape index (κ3) is 5.26. The maximum absolute atomic E-state index is 13.0. The van der Waals surface area contributed by atoms with Crippen molar-refractivity contribution in [2.24, 2.45) is 0 Å². The number of nitrogens with zero attached hydrogens (tertiary/aromatic N) is 1. The number of anilines is 1. The molecule has 1 amide bonds. The summed E-state index contributed by atoms with van der Waals surface area (Å²) < 4.78 is 5.55. The molecule has 9 heteroatoms. The molecule has 1 atom stereocenters. The minimum absolute atomic E-state index is 0.0298. The summed E-state index contributed by atoms with van der Waals surface area (Å²) in [4.78, 5) is 40.4. The van der Waals surface area contributed by atoms with Crippen LogP contribution in [0.5, 0.6) is 5.75 Å². The Labute approximate surface area is 207 Å². The van der Waals surface area contributed by atoms with Gasteiger partial charge in [-0.1, -0.05) is 0 Å². The average Bonchev–Trinajstić information content (AvgIpc) is 3.30. The van der Waals surface area contributed by atoms with Gasteiger partial charge in [0.1, 0.15) is 0 Å². The number of amides is 1. The van der Waals surface area contributed by atoms with E-state index >= 15 is 0 Å². The number of carbonyl (C=O) groups is 3. The number of aromatic carboxylic acids is 1. The summed E-state index contributed by atoms with van der Waals surface area (Å²) in [6.45, 7) is 0. The van der Waals surface area contributed by atoms with Crippen LogP contribution in [0.3, 0.4) is 0 Å². The van der Waals surface area contributed by atoms with Crippen molar-refractivity contribution in [1.82, 2.24) is 4.98 Å². The Morgan fingerprint density at radius 1 is 1.09 bits per heavy atom. The van der Waals surface area contributed by atoms with Crippen molar-refractivity contribution in [2.45, 2.75) is 6.42 Å². The Hall–Kier alpha value is -4.34. The Bertz CT molecular complexity index is 1500. The number of carboxylic acids is 1. The van der Waals surface area contributed by atoms with Crippen molar-refractivity contribution >= 4 is 53.1 Å². The number of aromatic amines is 1. The van der Waals surface area contributed by atoms with Crippen LogP contribution in [0, 0.1) is 11.3 Å². The predicted octanol–water partition coefficient (Wildman–Crippen LogP) is 2.83. The van der Waals surface area contributed by atoms with E-state index in [4.69, 9.17) is 10.00 Å². The molecule has 174 valence electrons. The van der Waals surface area contributed by atoms with E-state index in [1.807, 2.05) is 30.3 Å². The first-order valence-electron chi connectivity index (χ1n) is 10.5.